The molecule has 2 bridgehead atoms. The number of aromatic nitrogens is 3. The normalized spacial score (nSPS) is 22.0. The molecule has 1 saturated carbocycles. The van der Waals surface area contributed by atoms with Crippen LogP contribution in [-0.2, 0) is 5.41 Å². The van der Waals surface area contributed by atoms with Crippen LogP contribution in [0.3, 0.4) is 0 Å². The predicted octanol–water partition coefficient (Wildman–Crippen LogP) is 5.50. The summed E-state index contributed by atoms with van der Waals surface area (Å²) in [6, 6.07) is 11.2. The zero-order valence-electron chi connectivity index (χ0n) is 19.9. The second-order valence-electron chi connectivity index (χ2n) is 9.98. The maximum Gasteiger partial charge on any atom is 0.272 e. The summed E-state index contributed by atoms with van der Waals surface area (Å²) < 4.78 is 28.9. The molecule has 0 unspecified atom stereocenters. The van der Waals surface area contributed by atoms with Crippen molar-refractivity contribution in [3.8, 4) is 11.3 Å². The van der Waals surface area contributed by atoms with Crippen LogP contribution < -0.4 is 0 Å². The zero-order chi connectivity index (χ0) is 24.3. The molecule has 0 saturated heterocycles. The highest BCUT2D eigenvalue weighted by atomic mass is 19.1. The van der Waals surface area contributed by atoms with Crippen molar-refractivity contribution >= 4 is 5.91 Å². The second kappa shape index (κ2) is 7.93. The Balaban J connectivity index is 1.63. The Hall–Kier alpha value is -3.22. The molecule has 3 aromatic rings. The van der Waals surface area contributed by atoms with Crippen molar-refractivity contribution in [2.75, 3.05) is 13.6 Å². The van der Waals surface area contributed by atoms with E-state index in [-0.39, 0.29) is 28.5 Å². The molecule has 2 aliphatic carbocycles. The summed E-state index contributed by atoms with van der Waals surface area (Å²) >= 11 is 0. The lowest BCUT2D eigenvalue weighted by atomic mass is 9.66. The van der Waals surface area contributed by atoms with Crippen molar-refractivity contribution in [3.05, 3.63) is 76.7 Å². The summed E-state index contributed by atoms with van der Waals surface area (Å²) in [7, 11) is 1.79. The van der Waals surface area contributed by atoms with Crippen LogP contribution in [0.25, 0.3) is 11.3 Å². The third-order valence-corrected chi connectivity index (χ3v) is 7.91. The highest BCUT2D eigenvalue weighted by Gasteiger charge is 2.65. The van der Waals surface area contributed by atoms with Crippen molar-refractivity contribution in [1.29, 1.82) is 0 Å². The smallest absolute Gasteiger partial charge is 0.272 e. The zero-order valence-corrected chi connectivity index (χ0v) is 19.9. The second-order valence-corrected chi connectivity index (χ2v) is 9.98. The van der Waals surface area contributed by atoms with E-state index in [0.717, 1.165) is 36.2 Å². The molecule has 2 heterocycles. The number of fused-ring (bicyclic) bond motifs is 5. The monoisotopic (exact) mass is 462 g/mol. The van der Waals surface area contributed by atoms with E-state index < -0.39 is 17.0 Å². The number of hydrogen-bond donors (Lipinski definition) is 0. The van der Waals surface area contributed by atoms with Crippen LogP contribution in [0.4, 0.5) is 8.78 Å². The number of halogens is 2. The lowest BCUT2D eigenvalue weighted by Crippen LogP contribution is -2.38. The first-order valence-corrected chi connectivity index (χ1v) is 11.8. The maximum atomic E-state index is 14.5. The van der Waals surface area contributed by atoms with Crippen LogP contribution in [-0.4, -0.2) is 39.6 Å². The van der Waals surface area contributed by atoms with Gasteiger partial charge in [0.1, 0.15) is 17.3 Å². The van der Waals surface area contributed by atoms with Gasteiger partial charge in [-0.25, -0.2) is 13.8 Å². The molecule has 0 N–H and O–H groups in total. The molecule has 5 nitrogen and oxygen atoms in total. The minimum Gasteiger partial charge on any atom is -0.340 e. The average molecular weight is 463 g/mol. The molecule has 0 spiro atoms. The number of rotatable bonds is 5. The van der Waals surface area contributed by atoms with Gasteiger partial charge in [-0.15, -0.1) is 5.10 Å². The number of hydrogen-bond acceptors (Lipinski definition) is 4. The van der Waals surface area contributed by atoms with Gasteiger partial charge in [-0.1, -0.05) is 32.9 Å². The van der Waals surface area contributed by atoms with Crippen molar-refractivity contribution in [2.45, 2.75) is 51.4 Å². The quantitative estimate of drug-likeness (QED) is 0.502. The first kappa shape index (κ1) is 22.6. The fourth-order valence-corrected chi connectivity index (χ4v) is 6.18. The van der Waals surface area contributed by atoms with Crippen LogP contribution in [0.2, 0.25) is 0 Å². The third kappa shape index (κ3) is 3.02. The van der Waals surface area contributed by atoms with Crippen LogP contribution in [0.1, 0.15) is 73.4 Å². The van der Waals surface area contributed by atoms with Gasteiger partial charge in [-0.3, -0.25) is 4.79 Å². The molecule has 34 heavy (non-hydrogen) atoms. The van der Waals surface area contributed by atoms with Gasteiger partial charge in [0.05, 0.1) is 28.1 Å². The number of carbonyl (C=O) groups is 1. The Bertz CT molecular complexity index is 1270. The van der Waals surface area contributed by atoms with E-state index in [1.165, 1.54) is 18.2 Å². The molecule has 1 amide bonds. The Kier molecular flexibility index (Phi) is 5.26. The molecule has 1 fully saturated rings. The van der Waals surface area contributed by atoms with E-state index in [2.05, 4.69) is 24.0 Å². The van der Waals surface area contributed by atoms with E-state index in [0.29, 0.717) is 12.2 Å². The Morgan fingerprint density at radius 1 is 1.12 bits per heavy atom. The summed E-state index contributed by atoms with van der Waals surface area (Å²) in [5.74, 6) is -1.27. The molecule has 0 radical (unpaired) electrons. The SMILES string of the molecule is CCCN(C)C(=O)c1cccc([C@@]23CC[C@@H](c4cc(-c5c(F)cccc5F)nnc42)C3(C)C)n1. The third-order valence-electron chi connectivity index (χ3n) is 7.91. The molecule has 5 rings (SSSR count). The van der Waals surface area contributed by atoms with Crippen LogP contribution >= 0.6 is 0 Å². The highest BCUT2D eigenvalue weighted by molar-refractivity contribution is 5.92. The standard InChI is InChI=1S/C27H28F2N4O/c1-5-14-33(4)25(34)20-10-7-11-22(30-20)27-13-12-17(26(27,2)3)16-15-21(31-32-24(16)27)23-18(28)8-6-9-19(23)29/h6-11,15,17H,5,12-14H2,1-4H3/t17-,27-/m0/s1. The van der Waals surface area contributed by atoms with E-state index in [1.807, 2.05) is 19.1 Å². The minimum absolute atomic E-state index is 0.109. The molecule has 176 valence electrons. The predicted molar refractivity (Wildman–Crippen MR) is 125 cm³/mol. The van der Waals surface area contributed by atoms with E-state index in [4.69, 9.17) is 4.98 Å². The highest BCUT2D eigenvalue weighted by Crippen LogP contribution is 2.69. The van der Waals surface area contributed by atoms with Gasteiger partial charge in [0.15, 0.2) is 0 Å². The Morgan fingerprint density at radius 2 is 1.82 bits per heavy atom. The number of amides is 1. The largest absolute Gasteiger partial charge is 0.340 e. The molecular weight excluding hydrogens is 434 g/mol. The van der Waals surface area contributed by atoms with E-state index in [9.17, 15) is 13.6 Å². The van der Waals surface area contributed by atoms with E-state index >= 15 is 0 Å². The first-order chi connectivity index (χ1) is 16.2. The molecule has 2 atom stereocenters. The number of pyridine rings is 1. The van der Waals surface area contributed by atoms with Gasteiger partial charge >= 0.3 is 0 Å². The molecule has 0 aliphatic heterocycles. The van der Waals surface area contributed by atoms with Gasteiger partial charge in [-0.2, -0.15) is 5.10 Å². The summed E-state index contributed by atoms with van der Waals surface area (Å²) in [6.45, 7) is 7.07. The fourth-order valence-electron chi connectivity index (χ4n) is 6.18. The van der Waals surface area contributed by atoms with Gasteiger partial charge < -0.3 is 4.90 Å². The number of carbonyl (C=O) groups excluding carboxylic acids is 1. The van der Waals surface area contributed by atoms with Crippen molar-refractivity contribution in [3.63, 3.8) is 0 Å². The van der Waals surface area contributed by atoms with Gasteiger partial charge in [0, 0.05) is 13.6 Å². The fraction of sp³-hybridized carbons (Fsp3) is 0.407. The van der Waals surface area contributed by atoms with Gasteiger partial charge in [0.2, 0.25) is 0 Å². The number of benzene rings is 1. The lowest BCUT2D eigenvalue weighted by molar-refractivity contribution is 0.0788. The van der Waals surface area contributed by atoms with Crippen molar-refractivity contribution in [2.24, 2.45) is 5.41 Å². The van der Waals surface area contributed by atoms with E-state index in [1.54, 1.807) is 24.1 Å². The molecule has 1 aromatic carbocycles. The number of nitrogens with zero attached hydrogens (tertiary/aromatic N) is 4. The molecule has 2 aliphatic rings. The van der Waals surface area contributed by atoms with Gasteiger partial charge in [-0.05, 0) is 66.5 Å². The summed E-state index contributed by atoms with van der Waals surface area (Å²) in [5.41, 5.74) is 2.25. The van der Waals surface area contributed by atoms with Crippen LogP contribution in [0, 0.1) is 17.0 Å². The first-order valence-electron chi connectivity index (χ1n) is 11.8. The summed E-state index contributed by atoms with van der Waals surface area (Å²) in [6.07, 6.45) is 2.60. The molecule has 7 heteroatoms. The lowest BCUT2D eigenvalue weighted by Gasteiger charge is -2.37. The Morgan fingerprint density at radius 3 is 2.53 bits per heavy atom. The van der Waals surface area contributed by atoms with Crippen molar-refractivity contribution in [1.82, 2.24) is 20.1 Å². The van der Waals surface area contributed by atoms with Crippen molar-refractivity contribution < 1.29 is 13.6 Å². The Labute approximate surface area is 198 Å². The van der Waals surface area contributed by atoms with Crippen LogP contribution in [0.15, 0.2) is 42.5 Å². The summed E-state index contributed by atoms with van der Waals surface area (Å²) in [4.78, 5) is 19.5. The molecular formula is C27H28F2N4O. The van der Waals surface area contributed by atoms with Crippen LogP contribution in [0.5, 0.6) is 0 Å². The average Bonchev–Trinajstić information content (AvgIpc) is 3.20. The van der Waals surface area contributed by atoms with Gasteiger partial charge in [0.25, 0.3) is 5.91 Å². The molecule has 2 aromatic heterocycles. The summed E-state index contributed by atoms with van der Waals surface area (Å²) in [5, 5.41) is 8.84. The minimum atomic E-state index is -0.657. The topological polar surface area (TPSA) is 59.0 Å². The maximum absolute atomic E-state index is 14.5.